The number of rotatable bonds is 6. The number of nitrogens with zero attached hydrogens (tertiary/aromatic N) is 1. The molecule has 1 unspecified atom stereocenters. The van der Waals surface area contributed by atoms with Crippen LogP contribution in [0.25, 0.3) is 0 Å². The van der Waals surface area contributed by atoms with Crippen LogP contribution in [0.1, 0.15) is 12.8 Å². The van der Waals surface area contributed by atoms with E-state index in [1.54, 1.807) is 0 Å². The fourth-order valence-electron chi connectivity index (χ4n) is 1.56. The predicted molar refractivity (Wildman–Crippen MR) is 70.3 cm³/mol. The van der Waals surface area contributed by atoms with Gasteiger partial charge in [-0.25, -0.2) is 0 Å². The number of halogens is 1. The van der Waals surface area contributed by atoms with Crippen molar-refractivity contribution in [2.45, 2.75) is 18.9 Å². The van der Waals surface area contributed by atoms with E-state index in [1.165, 1.54) is 0 Å². The van der Waals surface area contributed by atoms with Crippen molar-refractivity contribution in [3.63, 3.8) is 0 Å². The van der Waals surface area contributed by atoms with E-state index in [9.17, 15) is 9.90 Å². The molecule has 17 heavy (non-hydrogen) atoms. The first-order chi connectivity index (χ1) is 8.00. The van der Waals surface area contributed by atoms with Crippen molar-refractivity contribution in [2.75, 3.05) is 18.5 Å². The standard InChI is InChI=1S/C12H16BrNO3/c1-14(8-9(15)6-7-12(16)17)11-5-3-2-4-10(11)13/h2-5,9,15H,6-8H2,1H3,(H,16,17). The zero-order valence-electron chi connectivity index (χ0n) is 9.64. The molecule has 0 aliphatic carbocycles. The summed E-state index contributed by atoms with van der Waals surface area (Å²) in [6.07, 6.45) is -0.377. The molecule has 0 spiro atoms. The van der Waals surface area contributed by atoms with Crippen LogP contribution < -0.4 is 4.90 Å². The zero-order chi connectivity index (χ0) is 12.8. The fourth-order valence-corrected chi connectivity index (χ4v) is 2.14. The summed E-state index contributed by atoms with van der Waals surface area (Å²) in [4.78, 5) is 12.3. The van der Waals surface area contributed by atoms with Crippen molar-refractivity contribution in [2.24, 2.45) is 0 Å². The number of carboxylic acids is 1. The lowest BCUT2D eigenvalue weighted by molar-refractivity contribution is -0.137. The third-order valence-corrected chi connectivity index (χ3v) is 3.11. The third kappa shape index (κ3) is 4.75. The maximum Gasteiger partial charge on any atom is 0.303 e. The topological polar surface area (TPSA) is 60.8 Å². The zero-order valence-corrected chi connectivity index (χ0v) is 11.2. The van der Waals surface area contributed by atoms with Crippen molar-refractivity contribution in [1.29, 1.82) is 0 Å². The number of benzene rings is 1. The molecule has 0 radical (unpaired) electrons. The number of carbonyl (C=O) groups is 1. The molecule has 0 saturated carbocycles. The van der Waals surface area contributed by atoms with Crippen LogP contribution in [0.3, 0.4) is 0 Å². The van der Waals surface area contributed by atoms with Crippen LogP contribution in [-0.2, 0) is 4.79 Å². The van der Waals surface area contributed by atoms with Gasteiger partial charge in [-0.1, -0.05) is 12.1 Å². The smallest absolute Gasteiger partial charge is 0.303 e. The molecule has 0 fully saturated rings. The Morgan fingerprint density at radius 2 is 2.12 bits per heavy atom. The lowest BCUT2D eigenvalue weighted by Crippen LogP contribution is -2.29. The van der Waals surface area contributed by atoms with E-state index in [0.717, 1.165) is 10.2 Å². The molecule has 0 aliphatic heterocycles. The lowest BCUT2D eigenvalue weighted by Gasteiger charge is -2.23. The van der Waals surface area contributed by atoms with Crippen LogP contribution in [0.15, 0.2) is 28.7 Å². The number of aliphatic hydroxyl groups excluding tert-OH is 1. The first-order valence-electron chi connectivity index (χ1n) is 5.36. The molecule has 2 N–H and O–H groups in total. The molecule has 1 rings (SSSR count). The van der Waals surface area contributed by atoms with E-state index < -0.39 is 12.1 Å². The van der Waals surface area contributed by atoms with Crippen LogP contribution in [0.5, 0.6) is 0 Å². The summed E-state index contributed by atoms with van der Waals surface area (Å²) in [6.45, 7) is 0.413. The molecule has 1 aromatic rings. The van der Waals surface area contributed by atoms with Gasteiger partial charge in [0, 0.05) is 24.5 Å². The number of para-hydroxylation sites is 1. The highest BCUT2D eigenvalue weighted by atomic mass is 79.9. The van der Waals surface area contributed by atoms with Gasteiger partial charge >= 0.3 is 5.97 Å². The van der Waals surface area contributed by atoms with Gasteiger partial charge in [-0.15, -0.1) is 0 Å². The van der Waals surface area contributed by atoms with E-state index in [0.29, 0.717) is 6.54 Å². The lowest BCUT2D eigenvalue weighted by atomic mass is 10.2. The summed E-state index contributed by atoms with van der Waals surface area (Å²) >= 11 is 3.43. The van der Waals surface area contributed by atoms with Crippen molar-refractivity contribution >= 4 is 27.6 Å². The molecule has 1 aromatic carbocycles. The monoisotopic (exact) mass is 301 g/mol. The molecule has 1 atom stereocenters. The van der Waals surface area contributed by atoms with Gasteiger partial charge in [0.05, 0.1) is 11.8 Å². The Morgan fingerprint density at radius 1 is 1.47 bits per heavy atom. The minimum Gasteiger partial charge on any atom is -0.481 e. The van der Waals surface area contributed by atoms with Crippen LogP contribution in [0.4, 0.5) is 5.69 Å². The number of hydrogen-bond acceptors (Lipinski definition) is 3. The molecule has 0 amide bonds. The highest BCUT2D eigenvalue weighted by Gasteiger charge is 2.12. The molecule has 0 bridgehead atoms. The van der Waals surface area contributed by atoms with Gasteiger partial charge in [0.1, 0.15) is 0 Å². The quantitative estimate of drug-likeness (QED) is 0.845. The largest absolute Gasteiger partial charge is 0.481 e. The molecule has 94 valence electrons. The number of carboxylic acid groups (broad SMARTS) is 1. The second-order valence-electron chi connectivity index (χ2n) is 3.92. The second-order valence-corrected chi connectivity index (χ2v) is 4.77. The summed E-state index contributed by atoms with van der Waals surface area (Å²) in [6, 6.07) is 7.70. The van der Waals surface area contributed by atoms with E-state index in [2.05, 4.69) is 15.9 Å². The van der Waals surface area contributed by atoms with E-state index in [-0.39, 0.29) is 12.8 Å². The normalized spacial score (nSPS) is 12.2. The minimum absolute atomic E-state index is 0.00896. The highest BCUT2D eigenvalue weighted by Crippen LogP contribution is 2.24. The molecule has 0 aliphatic rings. The van der Waals surface area contributed by atoms with Gasteiger partial charge in [0.25, 0.3) is 0 Å². The van der Waals surface area contributed by atoms with E-state index in [4.69, 9.17) is 5.11 Å². The van der Waals surface area contributed by atoms with Crippen LogP contribution in [0.2, 0.25) is 0 Å². The SMILES string of the molecule is CN(CC(O)CCC(=O)O)c1ccccc1Br. The van der Waals surface area contributed by atoms with Crippen molar-refractivity contribution in [1.82, 2.24) is 0 Å². The number of likely N-dealkylation sites (N-methyl/N-ethyl adjacent to an activating group) is 1. The fraction of sp³-hybridized carbons (Fsp3) is 0.417. The van der Waals surface area contributed by atoms with Crippen molar-refractivity contribution in [3.8, 4) is 0 Å². The number of hydrogen-bond donors (Lipinski definition) is 2. The Kier molecular flexibility index (Phi) is 5.44. The number of aliphatic carboxylic acids is 1. The molecule has 4 nitrogen and oxygen atoms in total. The maximum atomic E-state index is 10.4. The third-order valence-electron chi connectivity index (χ3n) is 2.44. The Balaban J connectivity index is 2.51. The van der Waals surface area contributed by atoms with Crippen LogP contribution in [-0.4, -0.2) is 35.9 Å². The van der Waals surface area contributed by atoms with Crippen LogP contribution in [0, 0.1) is 0 Å². The van der Waals surface area contributed by atoms with Crippen LogP contribution >= 0.6 is 15.9 Å². The number of anilines is 1. The molecule has 0 aromatic heterocycles. The average Bonchev–Trinajstić information content (AvgIpc) is 2.26. The Hall–Kier alpha value is -1.07. The van der Waals surface area contributed by atoms with Gasteiger partial charge in [0.2, 0.25) is 0 Å². The van der Waals surface area contributed by atoms with Crippen molar-refractivity contribution < 1.29 is 15.0 Å². The Labute approximate surface area is 109 Å². The van der Waals surface area contributed by atoms with E-state index >= 15 is 0 Å². The molecular weight excluding hydrogens is 286 g/mol. The summed E-state index contributed by atoms with van der Waals surface area (Å²) in [5.74, 6) is -0.882. The summed E-state index contributed by atoms with van der Waals surface area (Å²) < 4.78 is 0.952. The molecule has 0 saturated heterocycles. The van der Waals surface area contributed by atoms with Gasteiger partial charge < -0.3 is 15.1 Å². The first kappa shape index (κ1) is 14.0. The predicted octanol–water partition coefficient (Wildman–Crippen LogP) is 2.11. The minimum atomic E-state index is -0.882. The van der Waals surface area contributed by atoms with Gasteiger partial charge in [-0.3, -0.25) is 4.79 Å². The van der Waals surface area contributed by atoms with Gasteiger partial charge in [-0.2, -0.15) is 0 Å². The summed E-state index contributed by atoms with van der Waals surface area (Å²) in [7, 11) is 1.87. The molecule has 5 heteroatoms. The summed E-state index contributed by atoms with van der Waals surface area (Å²) in [5.41, 5.74) is 0.974. The Morgan fingerprint density at radius 3 is 2.71 bits per heavy atom. The average molecular weight is 302 g/mol. The number of aliphatic hydroxyl groups is 1. The van der Waals surface area contributed by atoms with Gasteiger partial charge in [-0.05, 0) is 34.5 Å². The molecule has 0 heterocycles. The van der Waals surface area contributed by atoms with Crippen molar-refractivity contribution in [3.05, 3.63) is 28.7 Å². The van der Waals surface area contributed by atoms with Gasteiger partial charge in [0.15, 0.2) is 0 Å². The maximum absolute atomic E-state index is 10.4. The van der Waals surface area contributed by atoms with E-state index in [1.807, 2.05) is 36.2 Å². The highest BCUT2D eigenvalue weighted by molar-refractivity contribution is 9.10. The summed E-state index contributed by atoms with van der Waals surface area (Å²) in [5, 5.41) is 18.2. The Bertz CT molecular complexity index is 384. The second kappa shape index (κ2) is 6.61. The molecular formula is C12H16BrNO3. The first-order valence-corrected chi connectivity index (χ1v) is 6.15.